The molecule has 3 aromatic rings. The first-order valence-electron chi connectivity index (χ1n) is 6.14. The van der Waals surface area contributed by atoms with Crippen molar-refractivity contribution in [1.29, 1.82) is 0 Å². The third-order valence-corrected chi connectivity index (χ3v) is 3.23. The zero-order chi connectivity index (χ0) is 13.2. The molecular formula is C15H15N3O. The lowest BCUT2D eigenvalue weighted by atomic mass is 10.2. The lowest BCUT2D eigenvalue weighted by molar-refractivity contribution is 0.181. The fourth-order valence-corrected chi connectivity index (χ4v) is 2.30. The molecular weight excluding hydrogens is 238 g/mol. The van der Waals surface area contributed by atoms with Gasteiger partial charge in [0.25, 0.3) is 0 Å². The van der Waals surface area contributed by atoms with Crippen LogP contribution < -0.4 is 0 Å². The molecule has 2 heterocycles. The molecule has 2 aromatic heterocycles. The zero-order valence-electron chi connectivity index (χ0n) is 11.0. The molecule has 3 rings (SSSR count). The summed E-state index contributed by atoms with van der Waals surface area (Å²) in [6.45, 7) is 0.499. The van der Waals surface area contributed by atoms with Gasteiger partial charge in [-0.1, -0.05) is 18.2 Å². The Bertz CT molecular complexity index is 718. The van der Waals surface area contributed by atoms with E-state index in [4.69, 9.17) is 4.74 Å². The van der Waals surface area contributed by atoms with Gasteiger partial charge in [-0.3, -0.25) is 0 Å². The highest BCUT2D eigenvalue weighted by Gasteiger charge is 2.09. The van der Waals surface area contributed by atoms with Gasteiger partial charge >= 0.3 is 0 Å². The summed E-state index contributed by atoms with van der Waals surface area (Å²) in [5, 5.41) is 1.21. The van der Waals surface area contributed by atoms with Gasteiger partial charge in [0.05, 0.1) is 23.7 Å². The minimum Gasteiger partial charge on any atom is -0.378 e. The van der Waals surface area contributed by atoms with Crippen LogP contribution in [-0.4, -0.2) is 21.6 Å². The molecule has 0 unspecified atom stereocenters. The molecule has 0 N–H and O–H groups in total. The van der Waals surface area contributed by atoms with E-state index in [2.05, 4.69) is 39.8 Å². The van der Waals surface area contributed by atoms with Gasteiger partial charge in [0.15, 0.2) is 0 Å². The Morgan fingerprint density at radius 3 is 2.79 bits per heavy atom. The van der Waals surface area contributed by atoms with E-state index < -0.39 is 0 Å². The normalized spacial score (nSPS) is 11.1. The Morgan fingerprint density at radius 1 is 1.16 bits per heavy atom. The van der Waals surface area contributed by atoms with Crippen LogP contribution in [0.4, 0.5) is 0 Å². The van der Waals surface area contributed by atoms with Crippen molar-refractivity contribution in [2.75, 3.05) is 7.11 Å². The predicted molar refractivity (Wildman–Crippen MR) is 74.7 cm³/mol. The molecule has 0 fully saturated rings. The molecule has 0 aliphatic carbocycles. The average molecular weight is 253 g/mol. The highest BCUT2D eigenvalue weighted by molar-refractivity contribution is 5.86. The van der Waals surface area contributed by atoms with Crippen LogP contribution in [0.25, 0.3) is 22.3 Å². The molecule has 0 aliphatic rings. The standard InChI is InChI=1S/C15H15N3O/c1-18-14-6-4-3-5-11(14)7-15(18)13-8-12(9-19-2)16-10-17-13/h3-8,10H,9H2,1-2H3. The number of hydrogen-bond acceptors (Lipinski definition) is 3. The Balaban J connectivity index is 2.13. The van der Waals surface area contributed by atoms with Crippen molar-refractivity contribution in [2.24, 2.45) is 7.05 Å². The number of para-hydroxylation sites is 1. The van der Waals surface area contributed by atoms with Crippen LogP contribution in [0, 0.1) is 0 Å². The number of ether oxygens (including phenoxy) is 1. The van der Waals surface area contributed by atoms with Gasteiger partial charge < -0.3 is 9.30 Å². The van der Waals surface area contributed by atoms with Crippen LogP contribution in [0.1, 0.15) is 5.69 Å². The van der Waals surface area contributed by atoms with Crippen molar-refractivity contribution in [1.82, 2.24) is 14.5 Å². The molecule has 1 aromatic carbocycles. The smallest absolute Gasteiger partial charge is 0.116 e. The van der Waals surface area contributed by atoms with E-state index in [1.54, 1.807) is 13.4 Å². The van der Waals surface area contributed by atoms with Crippen LogP contribution in [-0.2, 0) is 18.4 Å². The van der Waals surface area contributed by atoms with E-state index in [1.807, 2.05) is 18.2 Å². The van der Waals surface area contributed by atoms with Crippen LogP contribution in [0.5, 0.6) is 0 Å². The number of rotatable bonds is 3. The van der Waals surface area contributed by atoms with E-state index >= 15 is 0 Å². The molecule has 0 spiro atoms. The van der Waals surface area contributed by atoms with E-state index in [-0.39, 0.29) is 0 Å². The first-order chi connectivity index (χ1) is 9.29. The maximum Gasteiger partial charge on any atom is 0.116 e. The quantitative estimate of drug-likeness (QED) is 0.720. The highest BCUT2D eigenvalue weighted by atomic mass is 16.5. The number of fused-ring (bicyclic) bond motifs is 1. The second-order valence-electron chi connectivity index (χ2n) is 4.48. The first-order valence-corrected chi connectivity index (χ1v) is 6.14. The summed E-state index contributed by atoms with van der Waals surface area (Å²) in [4.78, 5) is 8.55. The van der Waals surface area contributed by atoms with Crippen LogP contribution in [0.15, 0.2) is 42.7 Å². The molecule has 0 bridgehead atoms. The summed E-state index contributed by atoms with van der Waals surface area (Å²) in [5.74, 6) is 0. The van der Waals surface area contributed by atoms with E-state index in [9.17, 15) is 0 Å². The Kier molecular flexibility index (Phi) is 3.01. The number of hydrogen-bond donors (Lipinski definition) is 0. The summed E-state index contributed by atoms with van der Waals surface area (Å²) < 4.78 is 7.26. The fraction of sp³-hybridized carbons (Fsp3) is 0.200. The molecule has 0 saturated carbocycles. The number of nitrogens with zero attached hydrogens (tertiary/aromatic N) is 3. The fourth-order valence-electron chi connectivity index (χ4n) is 2.30. The minimum absolute atomic E-state index is 0.499. The molecule has 96 valence electrons. The second-order valence-corrected chi connectivity index (χ2v) is 4.48. The van der Waals surface area contributed by atoms with Crippen molar-refractivity contribution in [3.8, 4) is 11.4 Å². The third kappa shape index (κ3) is 2.11. The summed E-state index contributed by atoms with van der Waals surface area (Å²) in [7, 11) is 3.72. The number of methoxy groups -OCH3 is 1. The van der Waals surface area contributed by atoms with Crippen LogP contribution in [0.2, 0.25) is 0 Å². The molecule has 19 heavy (non-hydrogen) atoms. The summed E-state index contributed by atoms with van der Waals surface area (Å²) in [6.07, 6.45) is 1.58. The molecule has 0 radical (unpaired) electrons. The Hall–Kier alpha value is -2.20. The molecule has 0 aliphatic heterocycles. The van der Waals surface area contributed by atoms with Crippen molar-refractivity contribution < 1.29 is 4.74 Å². The van der Waals surface area contributed by atoms with Crippen LogP contribution >= 0.6 is 0 Å². The summed E-state index contributed by atoms with van der Waals surface area (Å²) >= 11 is 0. The maximum atomic E-state index is 5.11. The monoisotopic (exact) mass is 253 g/mol. The summed E-state index contributed by atoms with van der Waals surface area (Å²) in [6, 6.07) is 12.4. The van der Waals surface area contributed by atoms with E-state index in [1.165, 1.54) is 10.9 Å². The lowest BCUT2D eigenvalue weighted by Crippen LogP contribution is -1.97. The zero-order valence-corrected chi connectivity index (χ0v) is 11.0. The van der Waals surface area contributed by atoms with Crippen molar-refractivity contribution in [2.45, 2.75) is 6.61 Å². The molecule has 0 saturated heterocycles. The average Bonchev–Trinajstić information content (AvgIpc) is 2.78. The predicted octanol–water partition coefficient (Wildman–Crippen LogP) is 2.78. The van der Waals surface area contributed by atoms with Gasteiger partial charge in [-0.05, 0) is 18.2 Å². The molecule has 4 heteroatoms. The number of benzene rings is 1. The minimum atomic E-state index is 0.499. The Labute approximate surface area is 111 Å². The van der Waals surface area contributed by atoms with Crippen molar-refractivity contribution >= 4 is 10.9 Å². The van der Waals surface area contributed by atoms with Gasteiger partial charge in [-0.25, -0.2) is 9.97 Å². The largest absolute Gasteiger partial charge is 0.378 e. The third-order valence-electron chi connectivity index (χ3n) is 3.23. The van der Waals surface area contributed by atoms with Crippen LogP contribution in [0.3, 0.4) is 0 Å². The van der Waals surface area contributed by atoms with Gasteiger partial charge in [0.2, 0.25) is 0 Å². The SMILES string of the molecule is COCc1cc(-c2cc3ccccc3n2C)ncn1. The maximum absolute atomic E-state index is 5.11. The topological polar surface area (TPSA) is 39.9 Å². The highest BCUT2D eigenvalue weighted by Crippen LogP contribution is 2.25. The van der Waals surface area contributed by atoms with E-state index in [0.717, 1.165) is 17.1 Å². The van der Waals surface area contributed by atoms with Crippen molar-refractivity contribution in [3.05, 3.63) is 48.4 Å². The van der Waals surface area contributed by atoms with E-state index in [0.29, 0.717) is 6.61 Å². The first kappa shape index (κ1) is 11.9. The van der Waals surface area contributed by atoms with Crippen molar-refractivity contribution in [3.63, 3.8) is 0 Å². The van der Waals surface area contributed by atoms with Gasteiger partial charge in [-0.2, -0.15) is 0 Å². The molecule has 0 atom stereocenters. The van der Waals surface area contributed by atoms with Gasteiger partial charge in [0, 0.05) is 25.1 Å². The molecule has 0 amide bonds. The lowest BCUT2D eigenvalue weighted by Gasteiger charge is -2.05. The van der Waals surface area contributed by atoms with Gasteiger partial charge in [-0.15, -0.1) is 0 Å². The van der Waals surface area contributed by atoms with Gasteiger partial charge in [0.1, 0.15) is 6.33 Å². The molecule has 4 nitrogen and oxygen atoms in total. The second kappa shape index (κ2) is 4.82. The number of aryl methyl sites for hydroxylation is 1. The number of aromatic nitrogens is 3. The summed E-state index contributed by atoms with van der Waals surface area (Å²) in [5.41, 5.74) is 4.09. The Morgan fingerprint density at radius 2 is 2.00 bits per heavy atom.